The van der Waals surface area contributed by atoms with Crippen LogP contribution in [0.4, 0.5) is 11.4 Å². The Morgan fingerprint density at radius 1 is 0.455 bits per heavy atom. The van der Waals surface area contributed by atoms with Crippen molar-refractivity contribution in [1.82, 2.24) is 39.9 Å². The Morgan fingerprint density at radius 2 is 0.855 bits per heavy atom. The number of hydrogen-bond donors (Lipinski definition) is 0. The number of aliphatic imine (C=N–C) groups is 2. The van der Waals surface area contributed by atoms with Gasteiger partial charge in [-0.3, -0.25) is 0 Å². The molecular weight excluding hydrogens is 732 g/mol. The molecule has 0 saturated heterocycles. The van der Waals surface area contributed by atoms with Crippen molar-refractivity contribution in [2.24, 2.45) is 9.98 Å². The number of rotatable bonds is 2. The van der Waals surface area contributed by atoms with E-state index in [4.69, 9.17) is 39.9 Å². The first-order chi connectivity index (χ1) is 25.9. The molecule has 0 unspecified atom stereocenters. The van der Waals surface area contributed by atoms with Gasteiger partial charge in [0, 0.05) is 44.8 Å². The van der Waals surface area contributed by atoms with Gasteiger partial charge in [0.2, 0.25) is 12.2 Å². The molecule has 268 valence electrons. The molecule has 8 bridgehead atoms. The van der Waals surface area contributed by atoms with Crippen LogP contribution in [-0.2, 0) is 37.5 Å². The van der Waals surface area contributed by atoms with E-state index in [-0.39, 0.29) is 27.9 Å². The Kier molecular flexibility index (Phi) is 8.29. The Labute approximate surface area is 324 Å². The van der Waals surface area contributed by atoms with Gasteiger partial charge in [-0.25, -0.2) is 19.6 Å². The van der Waals surface area contributed by atoms with E-state index in [0.717, 1.165) is 33.0 Å². The van der Waals surface area contributed by atoms with E-state index < -0.39 is 0 Å². The van der Waals surface area contributed by atoms with Gasteiger partial charge in [0.25, 0.3) is 0 Å². The maximum atomic E-state index is 11.2. The van der Waals surface area contributed by atoms with Crippen LogP contribution in [0.1, 0.15) is 52.7 Å². The van der Waals surface area contributed by atoms with Gasteiger partial charge in [-0.1, -0.05) is 71.9 Å². The fourth-order valence-corrected chi connectivity index (χ4v) is 6.82. The predicted octanol–water partition coefficient (Wildman–Crippen LogP) is 8.65. The molecule has 0 aliphatic carbocycles. The molecule has 5 heterocycles. The number of aromatic nitrogens is 8. The van der Waals surface area contributed by atoms with Crippen molar-refractivity contribution in [3.8, 4) is 45.6 Å². The minimum atomic E-state index is -0.139. The Balaban J connectivity index is 0.00000427. The van der Waals surface area contributed by atoms with Crippen molar-refractivity contribution in [2.75, 3.05) is 0 Å². The SMILES string of the molecule is CC(C)(C)c1ccc2c(c1)-c1nc-2nc2[n-]c(nc3nc(nc4[n-]c(n1)c1ccc(N=C=O)cc41)-c1ccc(N=C=O)cc1-3)c1ccc(C(C)(C)C)cc21.[Fe+2]. The summed E-state index contributed by atoms with van der Waals surface area (Å²) in [5.41, 5.74) is 7.17. The summed E-state index contributed by atoms with van der Waals surface area (Å²) < 4.78 is 0. The summed E-state index contributed by atoms with van der Waals surface area (Å²) in [7, 11) is 0. The summed E-state index contributed by atoms with van der Waals surface area (Å²) in [4.78, 5) is 70.2. The molecule has 3 aromatic heterocycles. The van der Waals surface area contributed by atoms with Crippen LogP contribution in [0.15, 0.2) is 82.8 Å². The van der Waals surface area contributed by atoms with Gasteiger partial charge in [-0.2, -0.15) is 9.98 Å². The van der Waals surface area contributed by atoms with E-state index in [9.17, 15) is 9.59 Å². The first kappa shape index (κ1) is 35.5. The van der Waals surface area contributed by atoms with E-state index in [1.807, 2.05) is 12.1 Å². The molecule has 0 fully saturated rings. The zero-order chi connectivity index (χ0) is 37.5. The number of hydrogen-bond acceptors (Lipinski definition) is 10. The third-order valence-electron chi connectivity index (χ3n) is 9.75. The van der Waals surface area contributed by atoms with Gasteiger partial charge >= 0.3 is 17.1 Å². The number of nitrogens with zero attached hydrogens (tertiary/aromatic N) is 10. The van der Waals surface area contributed by atoms with Crippen molar-refractivity contribution in [3.63, 3.8) is 0 Å². The summed E-state index contributed by atoms with van der Waals surface area (Å²) in [6, 6.07) is 22.9. The largest absolute Gasteiger partial charge is 2.00 e. The number of carbonyl (C=O) groups excluding carboxylic acids is 2. The van der Waals surface area contributed by atoms with Crippen molar-refractivity contribution in [2.45, 2.75) is 52.4 Å². The Morgan fingerprint density at radius 3 is 1.40 bits per heavy atom. The minimum absolute atomic E-state index is 0. The van der Waals surface area contributed by atoms with Crippen LogP contribution in [0.5, 0.6) is 0 Å². The summed E-state index contributed by atoms with van der Waals surface area (Å²) in [5, 5.41) is 2.88. The molecule has 0 saturated carbocycles. The van der Waals surface area contributed by atoms with Crippen LogP contribution in [-0.4, -0.2) is 42.1 Å². The maximum Gasteiger partial charge on any atom is 2.00 e. The second-order valence-corrected chi connectivity index (χ2v) is 15.4. The minimum Gasteiger partial charge on any atom is -0.357 e. The van der Waals surface area contributed by atoms with Gasteiger partial charge in [0.15, 0.2) is 0 Å². The average Bonchev–Trinajstić information content (AvgIpc) is 3.86. The van der Waals surface area contributed by atoms with Crippen LogP contribution in [0.25, 0.3) is 89.7 Å². The zero-order valence-electron chi connectivity index (χ0n) is 30.6. The quantitative estimate of drug-likeness (QED) is 0.0946. The molecule has 9 rings (SSSR count). The number of fused-ring (bicyclic) bond motifs is 20. The first-order valence-corrected chi connectivity index (χ1v) is 17.3. The average molecular weight is 763 g/mol. The topological polar surface area (TPSA) is 164 Å². The molecule has 7 aromatic rings. The normalized spacial score (nSPS) is 12.0. The van der Waals surface area contributed by atoms with Gasteiger partial charge in [-0.15, -0.1) is 0 Å². The smallest absolute Gasteiger partial charge is 0.357 e. The van der Waals surface area contributed by atoms with Gasteiger partial charge in [0.05, 0.1) is 34.7 Å². The van der Waals surface area contributed by atoms with E-state index >= 15 is 0 Å². The standard InChI is InChI=1S/C42H30N10O2.Fe/c1-41(2,3)21-7-11-25-29(15-21)38-46-33(25)45-37-30-16-22(42(4,5)6)8-12-26(30)34(47-37)49-39-32-18-24(44-20-54)10-14-28(32)36(51-39)52-40-31-17-23(43-19-53)9-13-27(31)35(48-38)50-40;/h7-18H,1-6H3;/q-2;+2. The molecule has 13 heteroatoms. The van der Waals surface area contributed by atoms with E-state index in [0.29, 0.717) is 79.2 Å². The summed E-state index contributed by atoms with van der Waals surface area (Å²) in [6.07, 6.45) is 3.22. The van der Waals surface area contributed by atoms with E-state index in [1.54, 1.807) is 48.6 Å². The van der Waals surface area contributed by atoms with E-state index in [1.165, 1.54) is 0 Å². The second-order valence-electron chi connectivity index (χ2n) is 15.4. The summed E-state index contributed by atoms with van der Waals surface area (Å²) in [5.74, 6) is 1.56. The van der Waals surface area contributed by atoms with Crippen LogP contribution in [0.2, 0.25) is 0 Å². The van der Waals surface area contributed by atoms with Crippen LogP contribution in [0.3, 0.4) is 0 Å². The van der Waals surface area contributed by atoms with Crippen LogP contribution >= 0.6 is 0 Å². The number of benzene rings is 4. The van der Waals surface area contributed by atoms with Gasteiger partial charge in [-0.05, 0) is 86.0 Å². The summed E-state index contributed by atoms with van der Waals surface area (Å²) in [6.45, 7) is 13.0. The van der Waals surface area contributed by atoms with E-state index in [2.05, 4.69) is 75.8 Å². The maximum absolute atomic E-state index is 11.2. The molecule has 2 aliphatic heterocycles. The van der Waals surface area contributed by atoms with Crippen LogP contribution in [0, 0.1) is 0 Å². The molecule has 0 amide bonds. The van der Waals surface area contributed by atoms with Crippen molar-refractivity contribution >= 4 is 67.7 Å². The predicted molar refractivity (Wildman–Crippen MR) is 207 cm³/mol. The van der Waals surface area contributed by atoms with Crippen molar-refractivity contribution in [3.05, 3.63) is 83.9 Å². The molecule has 2 aliphatic rings. The van der Waals surface area contributed by atoms with Gasteiger partial charge < -0.3 is 29.9 Å². The molecule has 0 spiro atoms. The second kappa shape index (κ2) is 12.8. The zero-order valence-corrected chi connectivity index (χ0v) is 31.7. The molecule has 12 nitrogen and oxygen atoms in total. The van der Waals surface area contributed by atoms with Gasteiger partial charge in [0.1, 0.15) is 0 Å². The van der Waals surface area contributed by atoms with Crippen LogP contribution < -0.4 is 9.97 Å². The van der Waals surface area contributed by atoms with Crippen molar-refractivity contribution < 1.29 is 26.7 Å². The first-order valence-electron chi connectivity index (χ1n) is 17.3. The third kappa shape index (κ3) is 6.05. The van der Waals surface area contributed by atoms with Crippen molar-refractivity contribution in [1.29, 1.82) is 0 Å². The molecule has 0 N–H and O–H groups in total. The molecule has 55 heavy (non-hydrogen) atoms. The summed E-state index contributed by atoms with van der Waals surface area (Å²) >= 11 is 0. The molecule has 0 radical (unpaired) electrons. The number of isocyanates is 2. The fourth-order valence-electron chi connectivity index (χ4n) is 6.82. The Hall–Kier alpha value is -6.48. The third-order valence-corrected chi connectivity index (χ3v) is 9.75. The monoisotopic (exact) mass is 762 g/mol. The molecular formula is C42H30FeN10O2. The Bertz CT molecular complexity index is 3050. The molecule has 0 atom stereocenters. The molecule has 4 aromatic carbocycles. The fraction of sp³-hybridized carbons (Fsp3) is 0.190.